The zero-order valence-corrected chi connectivity index (χ0v) is 13.4. The van der Waals surface area contributed by atoms with Gasteiger partial charge in [-0.15, -0.1) is 0 Å². The fraction of sp³-hybridized carbons (Fsp3) is 0.0455. The summed E-state index contributed by atoms with van der Waals surface area (Å²) in [4.78, 5) is 4.59. The van der Waals surface area contributed by atoms with Gasteiger partial charge >= 0.3 is 0 Å². The lowest BCUT2D eigenvalue weighted by atomic mass is 10.1. The molecule has 4 aromatic rings. The number of rotatable bonds is 3. The summed E-state index contributed by atoms with van der Waals surface area (Å²) in [6.07, 6.45) is 3.96. The van der Waals surface area contributed by atoms with Crippen molar-refractivity contribution in [2.24, 2.45) is 0 Å². The van der Waals surface area contributed by atoms with Crippen LogP contribution < -0.4 is 0 Å². The number of benzene rings is 3. The third kappa shape index (κ3) is 2.86. The van der Waals surface area contributed by atoms with Gasteiger partial charge in [-0.3, -0.25) is 0 Å². The maximum absolute atomic E-state index is 5.82. The maximum Gasteiger partial charge on any atom is 0.220 e. The minimum Gasteiger partial charge on any atom is -0.437 e. The molecule has 0 bridgehead atoms. The first-order chi connectivity index (χ1) is 11.8. The van der Waals surface area contributed by atoms with Gasteiger partial charge < -0.3 is 4.42 Å². The molecule has 0 saturated heterocycles. The van der Waals surface area contributed by atoms with Crippen LogP contribution in [-0.2, 0) is 0 Å². The van der Waals surface area contributed by atoms with Crippen molar-refractivity contribution >= 4 is 23.3 Å². The molecule has 0 spiro atoms. The number of nitrogens with zero attached hydrogens (tertiary/aromatic N) is 1. The van der Waals surface area contributed by atoms with Crippen molar-refractivity contribution in [1.82, 2.24) is 4.98 Å². The predicted octanol–water partition coefficient (Wildman–Crippen LogP) is 5.97. The van der Waals surface area contributed by atoms with Gasteiger partial charge in [-0.2, -0.15) is 0 Å². The van der Waals surface area contributed by atoms with E-state index in [1.165, 1.54) is 16.7 Å². The average Bonchev–Trinajstić information content (AvgIpc) is 3.04. The molecule has 0 radical (unpaired) electrons. The molecule has 0 amide bonds. The summed E-state index contributed by atoms with van der Waals surface area (Å²) in [5.74, 6) is 0.624. The van der Waals surface area contributed by atoms with Gasteiger partial charge in [0.1, 0.15) is 5.52 Å². The van der Waals surface area contributed by atoms with Gasteiger partial charge in [-0.1, -0.05) is 60.7 Å². The molecule has 3 aromatic carbocycles. The first-order valence-corrected chi connectivity index (χ1v) is 7.99. The van der Waals surface area contributed by atoms with Crippen molar-refractivity contribution in [3.63, 3.8) is 0 Å². The molecule has 116 valence electrons. The second kappa shape index (κ2) is 6.17. The van der Waals surface area contributed by atoms with Crippen molar-refractivity contribution in [2.45, 2.75) is 6.92 Å². The number of aromatic nitrogens is 1. The van der Waals surface area contributed by atoms with Crippen LogP contribution in [0, 0.1) is 6.92 Å². The summed E-state index contributed by atoms with van der Waals surface area (Å²) in [6, 6.07) is 24.7. The molecule has 0 atom stereocenters. The monoisotopic (exact) mass is 311 g/mol. The van der Waals surface area contributed by atoms with E-state index in [4.69, 9.17) is 4.42 Å². The minimum absolute atomic E-state index is 0.624. The van der Waals surface area contributed by atoms with Crippen LogP contribution in [0.25, 0.3) is 34.4 Å². The molecule has 0 aliphatic carbocycles. The highest BCUT2D eigenvalue weighted by molar-refractivity contribution is 5.82. The Morgan fingerprint density at radius 1 is 0.792 bits per heavy atom. The predicted molar refractivity (Wildman–Crippen MR) is 99.6 cm³/mol. The summed E-state index contributed by atoms with van der Waals surface area (Å²) in [5.41, 5.74) is 6.41. The van der Waals surface area contributed by atoms with Gasteiger partial charge in [0.05, 0.1) is 0 Å². The van der Waals surface area contributed by atoms with Crippen molar-refractivity contribution in [2.75, 3.05) is 0 Å². The smallest absolute Gasteiger partial charge is 0.220 e. The molecular formula is C22H17NO. The Morgan fingerprint density at radius 2 is 1.58 bits per heavy atom. The maximum atomic E-state index is 5.82. The molecule has 2 heteroatoms. The van der Waals surface area contributed by atoms with E-state index < -0.39 is 0 Å². The molecule has 2 nitrogen and oxygen atoms in total. The van der Waals surface area contributed by atoms with Crippen molar-refractivity contribution in [1.29, 1.82) is 0 Å². The van der Waals surface area contributed by atoms with E-state index in [9.17, 15) is 0 Å². The Balaban J connectivity index is 1.68. The van der Waals surface area contributed by atoms with Crippen LogP contribution in [-0.4, -0.2) is 4.98 Å². The van der Waals surface area contributed by atoms with E-state index in [0.717, 1.165) is 16.7 Å². The molecule has 0 fully saturated rings. The summed E-state index contributed by atoms with van der Waals surface area (Å²) >= 11 is 0. The number of oxazole rings is 1. The standard InChI is InChI=1S/C22H17NO/c1-16-7-5-6-8-17(16)12-14-22-23-20-15-19(11-13-21(20)24-22)18-9-3-2-4-10-18/h2-15H,1H3/b14-12+. The highest BCUT2D eigenvalue weighted by Crippen LogP contribution is 2.25. The fourth-order valence-corrected chi connectivity index (χ4v) is 2.76. The normalized spacial score (nSPS) is 11.4. The number of fused-ring (bicyclic) bond motifs is 1. The van der Waals surface area contributed by atoms with Crippen LogP contribution in [0.5, 0.6) is 0 Å². The molecule has 1 aromatic heterocycles. The van der Waals surface area contributed by atoms with Crippen LogP contribution in [0.2, 0.25) is 0 Å². The first-order valence-electron chi connectivity index (χ1n) is 7.99. The number of aryl methyl sites for hydroxylation is 1. The molecule has 24 heavy (non-hydrogen) atoms. The van der Waals surface area contributed by atoms with Gasteiger partial charge in [-0.25, -0.2) is 4.98 Å². The van der Waals surface area contributed by atoms with Gasteiger partial charge in [0.25, 0.3) is 0 Å². The molecule has 0 unspecified atom stereocenters. The van der Waals surface area contributed by atoms with E-state index in [1.54, 1.807) is 0 Å². The molecular weight excluding hydrogens is 294 g/mol. The molecule has 1 heterocycles. The molecule has 4 rings (SSSR count). The average molecular weight is 311 g/mol. The van der Waals surface area contributed by atoms with Crippen LogP contribution in [0.3, 0.4) is 0 Å². The first kappa shape index (κ1) is 14.5. The largest absolute Gasteiger partial charge is 0.437 e. The zero-order chi connectivity index (χ0) is 16.4. The molecule has 0 saturated carbocycles. The van der Waals surface area contributed by atoms with E-state index in [0.29, 0.717) is 5.89 Å². The van der Waals surface area contributed by atoms with Crippen LogP contribution in [0.4, 0.5) is 0 Å². The van der Waals surface area contributed by atoms with Crippen LogP contribution in [0.1, 0.15) is 17.0 Å². The van der Waals surface area contributed by atoms with Crippen LogP contribution >= 0.6 is 0 Å². The Labute approximate surface area is 141 Å². The van der Waals surface area contributed by atoms with E-state index in [-0.39, 0.29) is 0 Å². The topological polar surface area (TPSA) is 26.0 Å². The number of hydrogen-bond acceptors (Lipinski definition) is 2. The molecule has 0 aliphatic rings. The SMILES string of the molecule is Cc1ccccc1/C=C/c1nc2cc(-c3ccccc3)ccc2o1. The van der Waals surface area contributed by atoms with Gasteiger partial charge in [0.15, 0.2) is 5.58 Å². The number of hydrogen-bond donors (Lipinski definition) is 0. The van der Waals surface area contributed by atoms with Crippen molar-refractivity contribution in [3.8, 4) is 11.1 Å². The fourth-order valence-electron chi connectivity index (χ4n) is 2.76. The Kier molecular flexibility index (Phi) is 3.72. The summed E-state index contributed by atoms with van der Waals surface area (Å²) in [7, 11) is 0. The third-order valence-corrected chi connectivity index (χ3v) is 4.11. The lowest BCUT2D eigenvalue weighted by molar-refractivity contribution is 0.590. The minimum atomic E-state index is 0.624. The van der Waals surface area contributed by atoms with E-state index >= 15 is 0 Å². The van der Waals surface area contributed by atoms with Gasteiger partial charge in [-0.05, 0) is 47.4 Å². The Morgan fingerprint density at radius 3 is 2.42 bits per heavy atom. The highest BCUT2D eigenvalue weighted by atomic mass is 16.3. The molecule has 0 aliphatic heterocycles. The van der Waals surface area contributed by atoms with Crippen molar-refractivity contribution in [3.05, 3.63) is 89.8 Å². The van der Waals surface area contributed by atoms with E-state index in [1.807, 2.05) is 48.6 Å². The quantitative estimate of drug-likeness (QED) is 0.465. The highest BCUT2D eigenvalue weighted by Gasteiger charge is 2.05. The summed E-state index contributed by atoms with van der Waals surface area (Å²) < 4.78 is 5.82. The summed E-state index contributed by atoms with van der Waals surface area (Å²) in [6.45, 7) is 2.10. The lowest BCUT2D eigenvalue weighted by Crippen LogP contribution is -1.78. The van der Waals surface area contributed by atoms with Crippen LogP contribution in [0.15, 0.2) is 77.2 Å². The van der Waals surface area contributed by atoms with Gasteiger partial charge in [0, 0.05) is 6.08 Å². The summed E-state index contributed by atoms with van der Waals surface area (Å²) in [5, 5.41) is 0. The van der Waals surface area contributed by atoms with Gasteiger partial charge in [0.2, 0.25) is 5.89 Å². The van der Waals surface area contributed by atoms with Crippen molar-refractivity contribution < 1.29 is 4.42 Å². The lowest BCUT2D eigenvalue weighted by Gasteiger charge is -1.99. The second-order valence-electron chi connectivity index (χ2n) is 5.79. The Bertz CT molecular complexity index is 1010. The van der Waals surface area contributed by atoms with E-state index in [2.05, 4.69) is 48.3 Å². The second-order valence-corrected chi connectivity index (χ2v) is 5.79. The molecule has 0 N–H and O–H groups in total. The zero-order valence-electron chi connectivity index (χ0n) is 13.4. The Hall–Kier alpha value is -3.13. The third-order valence-electron chi connectivity index (χ3n) is 4.11.